The molecule has 0 unspecified atom stereocenters. The van der Waals surface area contributed by atoms with Crippen LogP contribution in [0.25, 0.3) is 0 Å². The van der Waals surface area contributed by atoms with Crippen LogP contribution in [0, 0.1) is 11.3 Å². The van der Waals surface area contributed by atoms with Crippen LogP contribution in [0.2, 0.25) is 0 Å². The van der Waals surface area contributed by atoms with Crippen molar-refractivity contribution in [3.63, 3.8) is 0 Å². The van der Waals surface area contributed by atoms with Crippen molar-refractivity contribution in [2.24, 2.45) is 11.3 Å². The summed E-state index contributed by atoms with van der Waals surface area (Å²) in [5.41, 5.74) is -0.158. The van der Waals surface area contributed by atoms with Gasteiger partial charge < -0.3 is 9.47 Å². The maximum atomic E-state index is 11.2. The molecule has 2 fully saturated rings. The Morgan fingerprint density at radius 2 is 2.07 bits per heavy atom. The van der Waals surface area contributed by atoms with Gasteiger partial charge in [0.25, 0.3) is 0 Å². The summed E-state index contributed by atoms with van der Waals surface area (Å²) in [6, 6.07) is 0. The quantitative estimate of drug-likeness (QED) is 0.390. The number of fused-ring (bicyclic) bond motifs is 1. The van der Waals surface area contributed by atoms with Crippen LogP contribution in [0.3, 0.4) is 0 Å². The summed E-state index contributed by atoms with van der Waals surface area (Å²) in [6.45, 7) is 7.04. The first-order valence-electron chi connectivity index (χ1n) is 5.36. The van der Waals surface area contributed by atoms with E-state index in [9.17, 15) is 4.79 Å². The molecule has 1 saturated heterocycles. The van der Waals surface area contributed by atoms with Gasteiger partial charge in [0.05, 0.1) is 0 Å². The molecule has 0 aromatic rings. The van der Waals surface area contributed by atoms with E-state index in [4.69, 9.17) is 9.47 Å². The second-order valence-corrected chi connectivity index (χ2v) is 6.86. The lowest BCUT2D eigenvalue weighted by atomic mass is 9.62. The monoisotopic (exact) mass is 324 g/mol. The van der Waals surface area contributed by atoms with Gasteiger partial charge in [-0.15, -0.1) is 0 Å². The number of alkyl halides is 1. The lowest BCUT2D eigenvalue weighted by Crippen LogP contribution is -2.58. The first kappa shape index (κ1) is 11.5. The van der Waals surface area contributed by atoms with Gasteiger partial charge in [-0.2, -0.15) is 0 Å². The average Bonchev–Trinajstić information content (AvgIpc) is 2.11. The van der Waals surface area contributed by atoms with Crippen molar-refractivity contribution in [3.8, 4) is 0 Å². The summed E-state index contributed by atoms with van der Waals surface area (Å²) in [4.78, 5) is 11.2. The number of halogens is 1. The van der Waals surface area contributed by atoms with Crippen LogP contribution in [-0.2, 0) is 9.47 Å². The van der Waals surface area contributed by atoms with Gasteiger partial charge in [0.15, 0.2) is 0 Å². The van der Waals surface area contributed by atoms with E-state index in [-0.39, 0.29) is 11.0 Å². The van der Waals surface area contributed by atoms with E-state index in [2.05, 4.69) is 36.4 Å². The van der Waals surface area contributed by atoms with E-state index in [0.29, 0.717) is 16.4 Å². The number of cyclic esters (lactones) is 1. The van der Waals surface area contributed by atoms with Gasteiger partial charge in [0.2, 0.25) is 0 Å². The predicted molar refractivity (Wildman–Crippen MR) is 65.2 cm³/mol. The Bertz CT molecular complexity index is 290. The normalized spacial score (nSPS) is 43.9. The Kier molecular flexibility index (Phi) is 2.68. The Morgan fingerprint density at radius 1 is 1.40 bits per heavy atom. The molecular formula is C11H17IO3. The SMILES string of the molecule is CC1(C)[C@H]2COC(=O)O[C@@]2(C)CC[C@@H]1I. The van der Waals surface area contributed by atoms with E-state index in [0.717, 1.165) is 12.8 Å². The molecule has 0 radical (unpaired) electrons. The maximum Gasteiger partial charge on any atom is 0.508 e. The molecule has 1 saturated carbocycles. The third-order valence-electron chi connectivity index (χ3n) is 4.02. The second kappa shape index (κ2) is 3.50. The molecule has 1 heterocycles. The zero-order chi connectivity index (χ0) is 11.3. The van der Waals surface area contributed by atoms with Crippen molar-refractivity contribution in [3.05, 3.63) is 0 Å². The van der Waals surface area contributed by atoms with Crippen LogP contribution < -0.4 is 0 Å². The van der Waals surface area contributed by atoms with E-state index in [1.807, 2.05) is 6.92 Å². The number of carbonyl (C=O) groups is 1. The molecule has 3 nitrogen and oxygen atoms in total. The highest BCUT2D eigenvalue weighted by molar-refractivity contribution is 14.1. The minimum Gasteiger partial charge on any atom is -0.434 e. The molecule has 0 aromatic heterocycles. The van der Waals surface area contributed by atoms with Crippen molar-refractivity contribution >= 4 is 28.7 Å². The lowest BCUT2D eigenvalue weighted by molar-refractivity contribution is -0.165. The van der Waals surface area contributed by atoms with Gasteiger partial charge in [-0.1, -0.05) is 36.4 Å². The number of hydrogen-bond acceptors (Lipinski definition) is 3. The van der Waals surface area contributed by atoms with E-state index in [1.54, 1.807) is 0 Å². The van der Waals surface area contributed by atoms with Crippen LogP contribution in [0.15, 0.2) is 0 Å². The number of carbonyl (C=O) groups excluding carboxylic acids is 1. The largest absolute Gasteiger partial charge is 0.508 e. The van der Waals surface area contributed by atoms with Crippen molar-refractivity contribution in [2.75, 3.05) is 6.61 Å². The number of ether oxygens (including phenoxy) is 2. The minimum atomic E-state index is -0.503. The van der Waals surface area contributed by atoms with E-state index < -0.39 is 6.16 Å². The number of hydrogen-bond donors (Lipinski definition) is 0. The van der Waals surface area contributed by atoms with Crippen LogP contribution in [0.5, 0.6) is 0 Å². The van der Waals surface area contributed by atoms with Crippen molar-refractivity contribution < 1.29 is 14.3 Å². The average molecular weight is 324 g/mol. The summed E-state index contributed by atoms with van der Waals surface area (Å²) in [7, 11) is 0. The summed E-state index contributed by atoms with van der Waals surface area (Å²) < 4.78 is 11.0. The fourth-order valence-electron chi connectivity index (χ4n) is 2.85. The summed E-state index contributed by atoms with van der Waals surface area (Å²) in [5, 5.41) is 0. The molecule has 1 aliphatic heterocycles. The molecule has 2 aliphatic rings. The Balaban J connectivity index is 2.29. The zero-order valence-electron chi connectivity index (χ0n) is 9.38. The van der Waals surface area contributed by atoms with Crippen molar-refractivity contribution in [1.29, 1.82) is 0 Å². The third-order valence-corrected chi connectivity index (χ3v) is 6.25. The summed E-state index contributed by atoms with van der Waals surface area (Å²) in [6.07, 6.45) is 1.55. The van der Waals surface area contributed by atoms with Gasteiger partial charge in [-0.3, -0.25) is 0 Å². The minimum absolute atomic E-state index is 0.161. The topological polar surface area (TPSA) is 35.5 Å². The molecule has 0 amide bonds. The molecule has 3 atom stereocenters. The number of rotatable bonds is 0. The summed E-state index contributed by atoms with van der Waals surface area (Å²) in [5.74, 6) is 0.304. The lowest BCUT2D eigenvalue weighted by Gasteiger charge is -2.53. The van der Waals surface area contributed by atoms with Gasteiger partial charge in [-0.05, 0) is 25.2 Å². The van der Waals surface area contributed by atoms with Crippen LogP contribution in [0.4, 0.5) is 4.79 Å². The standard InChI is InChI=1S/C11H17IO3/c1-10(2)7-6-14-9(13)15-11(7,3)5-4-8(10)12/h7-8H,4-6H2,1-3H3/t7-,8+,11+/m1/s1. The first-order valence-corrected chi connectivity index (χ1v) is 6.61. The molecule has 86 valence electrons. The Labute approximate surface area is 104 Å². The van der Waals surface area contributed by atoms with Crippen molar-refractivity contribution in [2.45, 2.75) is 43.1 Å². The van der Waals surface area contributed by atoms with Gasteiger partial charge in [-0.25, -0.2) is 4.79 Å². The molecular weight excluding hydrogens is 307 g/mol. The van der Waals surface area contributed by atoms with Crippen molar-refractivity contribution in [1.82, 2.24) is 0 Å². The molecule has 0 aromatic carbocycles. The second-order valence-electron chi connectivity index (χ2n) is 5.36. The molecule has 0 N–H and O–H groups in total. The van der Waals surface area contributed by atoms with E-state index in [1.165, 1.54) is 0 Å². The first-order chi connectivity index (χ1) is 6.86. The molecule has 15 heavy (non-hydrogen) atoms. The molecule has 4 heteroatoms. The maximum absolute atomic E-state index is 11.2. The molecule has 1 aliphatic carbocycles. The highest BCUT2D eigenvalue weighted by atomic mass is 127. The Hall–Kier alpha value is 0. The van der Waals surface area contributed by atoms with Crippen LogP contribution >= 0.6 is 22.6 Å². The Morgan fingerprint density at radius 3 is 2.73 bits per heavy atom. The predicted octanol–water partition coefficient (Wildman–Crippen LogP) is 3.15. The third kappa shape index (κ3) is 1.74. The fourth-order valence-corrected chi connectivity index (χ4v) is 3.59. The van der Waals surface area contributed by atoms with Crippen LogP contribution in [0.1, 0.15) is 33.6 Å². The van der Waals surface area contributed by atoms with Gasteiger partial charge in [0, 0.05) is 9.84 Å². The smallest absolute Gasteiger partial charge is 0.434 e. The highest BCUT2D eigenvalue weighted by Crippen LogP contribution is 2.52. The molecule has 2 rings (SSSR count). The highest BCUT2D eigenvalue weighted by Gasteiger charge is 2.55. The fraction of sp³-hybridized carbons (Fsp3) is 0.909. The molecule has 0 spiro atoms. The molecule has 0 bridgehead atoms. The van der Waals surface area contributed by atoms with Gasteiger partial charge in [0.1, 0.15) is 12.2 Å². The summed E-state index contributed by atoms with van der Waals surface area (Å²) >= 11 is 2.50. The van der Waals surface area contributed by atoms with Gasteiger partial charge >= 0.3 is 6.16 Å². The zero-order valence-corrected chi connectivity index (χ0v) is 11.5. The van der Waals surface area contributed by atoms with E-state index >= 15 is 0 Å². The van der Waals surface area contributed by atoms with Crippen LogP contribution in [-0.4, -0.2) is 22.3 Å².